The van der Waals surface area contributed by atoms with E-state index in [0.29, 0.717) is 26.1 Å². The van der Waals surface area contributed by atoms with Gasteiger partial charge < -0.3 is 15.4 Å². The molecule has 0 aromatic heterocycles. The molecule has 1 heterocycles. The predicted molar refractivity (Wildman–Crippen MR) is 70.8 cm³/mol. The highest BCUT2D eigenvalue weighted by Crippen LogP contribution is 2.26. The summed E-state index contributed by atoms with van der Waals surface area (Å²) >= 11 is 0. The average Bonchev–Trinajstić information content (AvgIpc) is 2.42. The minimum atomic E-state index is -0.160. The summed E-state index contributed by atoms with van der Waals surface area (Å²) in [5.74, 6) is 0.584. The third-order valence-corrected chi connectivity index (χ3v) is 3.05. The minimum Gasteiger partial charge on any atom is -0.492 e. The number of fused-ring (bicyclic) bond motifs is 1. The van der Waals surface area contributed by atoms with E-state index in [4.69, 9.17) is 4.74 Å². The first kappa shape index (κ1) is 13.4. The van der Waals surface area contributed by atoms with E-state index in [-0.39, 0.29) is 17.7 Å². The molecule has 0 fully saturated rings. The maximum absolute atomic E-state index is 11.9. The molecule has 102 valence electrons. The van der Waals surface area contributed by atoms with Crippen LogP contribution in [0, 0.1) is 5.92 Å². The highest BCUT2D eigenvalue weighted by atomic mass is 16.5. The second-order valence-corrected chi connectivity index (χ2v) is 4.59. The number of carbonyl (C=O) groups excluding carboxylic acids is 2. The van der Waals surface area contributed by atoms with E-state index < -0.39 is 0 Å². The molecule has 0 saturated carbocycles. The molecule has 5 nitrogen and oxygen atoms in total. The van der Waals surface area contributed by atoms with Crippen molar-refractivity contribution in [3.63, 3.8) is 0 Å². The zero-order chi connectivity index (χ0) is 13.7. The Kier molecular flexibility index (Phi) is 4.39. The van der Waals surface area contributed by atoms with E-state index in [1.165, 1.54) is 6.92 Å². The second-order valence-electron chi connectivity index (χ2n) is 4.59. The van der Waals surface area contributed by atoms with Crippen LogP contribution in [0.4, 0.5) is 0 Å². The summed E-state index contributed by atoms with van der Waals surface area (Å²) in [4.78, 5) is 22.6. The van der Waals surface area contributed by atoms with Crippen LogP contribution < -0.4 is 15.4 Å². The monoisotopic (exact) mass is 262 g/mol. The zero-order valence-electron chi connectivity index (χ0n) is 10.9. The van der Waals surface area contributed by atoms with Gasteiger partial charge in [-0.3, -0.25) is 9.59 Å². The number of hydrogen-bond acceptors (Lipinski definition) is 3. The van der Waals surface area contributed by atoms with Gasteiger partial charge in [-0.05, 0) is 18.1 Å². The summed E-state index contributed by atoms with van der Waals surface area (Å²) in [6.45, 7) is 2.75. The molecule has 0 radical (unpaired) electrons. The van der Waals surface area contributed by atoms with Gasteiger partial charge in [-0.1, -0.05) is 18.2 Å². The molecule has 1 aliphatic heterocycles. The Morgan fingerprint density at radius 3 is 2.79 bits per heavy atom. The molecule has 0 bridgehead atoms. The number of para-hydroxylation sites is 1. The number of ether oxygens (including phenoxy) is 1. The summed E-state index contributed by atoms with van der Waals surface area (Å²) < 4.78 is 5.57. The molecule has 1 aromatic carbocycles. The lowest BCUT2D eigenvalue weighted by atomic mass is 9.96. The highest BCUT2D eigenvalue weighted by Gasteiger charge is 2.25. The third-order valence-electron chi connectivity index (χ3n) is 3.05. The van der Waals surface area contributed by atoms with Crippen molar-refractivity contribution in [2.75, 3.05) is 19.7 Å². The largest absolute Gasteiger partial charge is 0.492 e. The molecule has 0 saturated heterocycles. The molecule has 19 heavy (non-hydrogen) atoms. The molecule has 1 atom stereocenters. The van der Waals surface area contributed by atoms with Crippen LogP contribution in [0.3, 0.4) is 0 Å². The number of amides is 2. The van der Waals surface area contributed by atoms with Crippen molar-refractivity contribution >= 4 is 11.8 Å². The van der Waals surface area contributed by atoms with Gasteiger partial charge in [-0.25, -0.2) is 0 Å². The van der Waals surface area contributed by atoms with Gasteiger partial charge in [0.2, 0.25) is 11.8 Å². The van der Waals surface area contributed by atoms with E-state index in [9.17, 15) is 9.59 Å². The molecule has 5 heteroatoms. The van der Waals surface area contributed by atoms with Crippen LogP contribution in [0.15, 0.2) is 24.3 Å². The van der Waals surface area contributed by atoms with Crippen molar-refractivity contribution in [2.45, 2.75) is 13.3 Å². The average molecular weight is 262 g/mol. The summed E-state index contributed by atoms with van der Waals surface area (Å²) in [6, 6.07) is 7.76. The fraction of sp³-hybridized carbons (Fsp3) is 0.429. The zero-order valence-corrected chi connectivity index (χ0v) is 10.9. The maximum atomic E-state index is 11.9. The second kappa shape index (κ2) is 6.22. The minimum absolute atomic E-state index is 0.0279. The molecule has 1 unspecified atom stereocenters. The van der Waals surface area contributed by atoms with Gasteiger partial charge >= 0.3 is 0 Å². The number of rotatable bonds is 4. The van der Waals surface area contributed by atoms with Crippen LogP contribution in [0.25, 0.3) is 0 Å². The van der Waals surface area contributed by atoms with Crippen LogP contribution >= 0.6 is 0 Å². The topological polar surface area (TPSA) is 67.4 Å². The third kappa shape index (κ3) is 3.71. The van der Waals surface area contributed by atoms with Crippen LogP contribution in [0.2, 0.25) is 0 Å². The molecule has 2 N–H and O–H groups in total. The van der Waals surface area contributed by atoms with Crippen LogP contribution in [0.5, 0.6) is 5.75 Å². The molecule has 0 spiro atoms. The van der Waals surface area contributed by atoms with E-state index in [2.05, 4.69) is 10.6 Å². The predicted octanol–water partition coefficient (Wildman–Crippen LogP) is 0.490. The van der Waals surface area contributed by atoms with Gasteiger partial charge in [0.15, 0.2) is 0 Å². The Morgan fingerprint density at radius 1 is 1.26 bits per heavy atom. The van der Waals surface area contributed by atoms with Gasteiger partial charge in [0, 0.05) is 20.0 Å². The summed E-state index contributed by atoms with van der Waals surface area (Å²) in [5.41, 5.74) is 1.07. The molecule has 2 amide bonds. The van der Waals surface area contributed by atoms with Gasteiger partial charge in [0.05, 0.1) is 5.92 Å². The first-order valence-corrected chi connectivity index (χ1v) is 6.39. The summed E-state index contributed by atoms with van der Waals surface area (Å²) in [6.07, 6.45) is 0.697. The Morgan fingerprint density at radius 2 is 2.00 bits per heavy atom. The fourth-order valence-corrected chi connectivity index (χ4v) is 2.06. The highest BCUT2D eigenvalue weighted by molar-refractivity contribution is 5.79. The number of hydrogen-bond donors (Lipinski definition) is 2. The van der Waals surface area contributed by atoms with Gasteiger partial charge in [-0.15, -0.1) is 0 Å². The molecule has 1 aromatic rings. The lowest BCUT2D eigenvalue weighted by Crippen LogP contribution is -2.40. The maximum Gasteiger partial charge on any atom is 0.226 e. The molecule has 2 rings (SSSR count). The summed E-state index contributed by atoms with van der Waals surface area (Å²) in [7, 11) is 0. The normalized spacial score (nSPS) is 17.0. The fourth-order valence-electron chi connectivity index (χ4n) is 2.06. The SMILES string of the molecule is CC(=O)NCCNC(=O)C1COc2ccccc2C1. The lowest BCUT2D eigenvalue weighted by Gasteiger charge is -2.24. The van der Waals surface area contributed by atoms with E-state index in [0.717, 1.165) is 11.3 Å². The lowest BCUT2D eigenvalue weighted by molar-refractivity contribution is -0.126. The molecular weight excluding hydrogens is 244 g/mol. The van der Waals surface area contributed by atoms with E-state index in [1.54, 1.807) is 0 Å². The molecule has 0 aliphatic carbocycles. The number of nitrogens with one attached hydrogen (secondary N) is 2. The van der Waals surface area contributed by atoms with E-state index >= 15 is 0 Å². The van der Waals surface area contributed by atoms with Gasteiger partial charge in [-0.2, -0.15) is 0 Å². The Labute approximate surface area is 112 Å². The van der Waals surface area contributed by atoms with E-state index in [1.807, 2.05) is 24.3 Å². The van der Waals surface area contributed by atoms with Crippen molar-refractivity contribution in [3.8, 4) is 5.75 Å². The van der Waals surface area contributed by atoms with Gasteiger partial charge in [0.25, 0.3) is 0 Å². The first-order valence-electron chi connectivity index (χ1n) is 6.39. The summed E-state index contributed by atoms with van der Waals surface area (Å²) in [5, 5.41) is 5.44. The van der Waals surface area contributed by atoms with Crippen molar-refractivity contribution in [3.05, 3.63) is 29.8 Å². The molecular formula is C14H18N2O3. The van der Waals surface area contributed by atoms with Gasteiger partial charge in [0.1, 0.15) is 12.4 Å². The van der Waals surface area contributed by atoms with Crippen molar-refractivity contribution < 1.29 is 14.3 Å². The van der Waals surface area contributed by atoms with Crippen molar-refractivity contribution in [1.82, 2.24) is 10.6 Å². The van der Waals surface area contributed by atoms with Crippen molar-refractivity contribution in [2.24, 2.45) is 5.92 Å². The Balaban J connectivity index is 1.80. The van der Waals surface area contributed by atoms with Crippen molar-refractivity contribution in [1.29, 1.82) is 0 Å². The van der Waals surface area contributed by atoms with Crippen LogP contribution in [-0.2, 0) is 16.0 Å². The standard InChI is InChI=1S/C14H18N2O3/c1-10(17)15-6-7-16-14(18)12-8-11-4-2-3-5-13(11)19-9-12/h2-5,12H,6-9H2,1H3,(H,15,17)(H,16,18). The smallest absolute Gasteiger partial charge is 0.226 e. The quantitative estimate of drug-likeness (QED) is 0.776. The number of carbonyl (C=O) groups is 2. The van der Waals surface area contributed by atoms with Crippen LogP contribution in [-0.4, -0.2) is 31.5 Å². The first-order chi connectivity index (χ1) is 9.16. The Bertz CT molecular complexity index is 474. The number of benzene rings is 1. The van der Waals surface area contributed by atoms with Crippen LogP contribution in [0.1, 0.15) is 12.5 Å². The molecule has 1 aliphatic rings. The Hall–Kier alpha value is -2.04.